The second-order valence-electron chi connectivity index (χ2n) is 4.33. The van der Waals surface area contributed by atoms with E-state index in [0.717, 1.165) is 25.8 Å². The molecule has 74 valence electrons. The van der Waals surface area contributed by atoms with Crippen LogP contribution in [0.4, 0.5) is 0 Å². The number of aliphatic hydroxyl groups is 1. The molecule has 3 atom stereocenters. The Morgan fingerprint density at radius 1 is 1.62 bits per heavy atom. The summed E-state index contributed by atoms with van der Waals surface area (Å²) in [5.74, 6) is 1.13. The number of rotatable bonds is 2. The summed E-state index contributed by atoms with van der Waals surface area (Å²) >= 11 is 0. The topological polar surface area (TPSA) is 40.5 Å². The summed E-state index contributed by atoms with van der Waals surface area (Å²) in [5, 5.41) is 9.06. The van der Waals surface area contributed by atoms with E-state index < -0.39 is 0 Å². The molecule has 0 spiro atoms. The van der Waals surface area contributed by atoms with Crippen molar-refractivity contribution < 1.29 is 9.90 Å². The number of likely N-dealkylation sites (tertiary alicyclic amines) is 1. The first-order chi connectivity index (χ1) is 6.24. The monoisotopic (exact) mass is 183 g/mol. The second-order valence-corrected chi connectivity index (χ2v) is 4.33. The SMILES string of the molecule is CC1CC1C(=O)N1CCC[C@@H]1CO. The lowest BCUT2D eigenvalue weighted by atomic mass is 10.2. The lowest BCUT2D eigenvalue weighted by Gasteiger charge is -2.23. The van der Waals surface area contributed by atoms with Gasteiger partial charge < -0.3 is 10.0 Å². The van der Waals surface area contributed by atoms with Crippen molar-refractivity contribution in [3.8, 4) is 0 Å². The van der Waals surface area contributed by atoms with Crippen molar-refractivity contribution in [2.45, 2.75) is 32.2 Å². The molecule has 2 unspecified atom stereocenters. The molecule has 1 heterocycles. The Morgan fingerprint density at radius 2 is 2.31 bits per heavy atom. The molecule has 3 nitrogen and oxygen atoms in total. The minimum atomic E-state index is 0.111. The predicted molar refractivity (Wildman–Crippen MR) is 49.1 cm³/mol. The molecule has 1 aliphatic carbocycles. The maximum Gasteiger partial charge on any atom is 0.226 e. The largest absolute Gasteiger partial charge is 0.394 e. The van der Waals surface area contributed by atoms with Crippen LogP contribution < -0.4 is 0 Å². The van der Waals surface area contributed by atoms with Crippen LogP contribution in [0, 0.1) is 11.8 Å². The fourth-order valence-corrected chi connectivity index (χ4v) is 2.19. The molecule has 0 bridgehead atoms. The third-order valence-corrected chi connectivity index (χ3v) is 3.30. The third kappa shape index (κ3) is 1.57. The lowest BCUT2D eigenvalue weighted by molar-refractivity contribution is -0.134. The second kappa shape index (κ2) is 3.29. The Bertz CT molecular complexity index is 217. The van der Waals surface area contributed by atoms with Crippen molar-refractivity contribution in [1.82, 2.24) is 4.90 Å². The number of nitrogens with zero attached hydrogens (tertiary/aromatic N) is 1. The van der Waals surface area contributed by atoms with Crippen molar-refractivity contribution in [2.75, 3.05) is 13.2 Å². The average Bonchev–Trinajstić information content (AvgIpc) is 2.70. The van der Waals surface area contributed by atoms with Gasteiger partial charge in [0.2, 0.25) is 5.91 Å². The van der Waals surface area contributed by atoms with Crippen molar-refractivity contribution in [3.05, 3.63) is 0 Å². The van der Waals surface area contributed by atoms with E-state index >= 15 is 0 Å². The van der Waals surface area contributed by atoms with Crippen LogP contribution in [0.3, 0.4) is 0 Å². The highest BCUT2D eigenvalue weighted by atomic mass is 16.3. The highest BCUT2D eigenvalue weighted by Crippen LogP contribution is 2.40. The van der Waals surface area contributed by atoms with Gasteiger partial charge in [0.05, 0.1) is 12.6 Å². The van der Waals surface area contributed by atoms with Crippen molar-refractivity contribution in [2.24, 2.45) is 11.8 Å². The summed E-state index contributed by atoms with van der Waals surface area (Å²) < 4.78 is 0. The number of amides is 1. The number of aliphatic hydroxyl groups excluding tert-OH is 1. The van der Waals surface area contributed by atoms with E-state index in [0.29, 0.717) is 5.92 Å². The van der Waals surface area contributed by atoms with Crippen LogP contribution in [0.1, 0.15) is 26.2 Å². The fourth-order valence-electron chi connectivity index (χ4n) is 2.19. The van der Waals surface area contributed by atoms with Crippen LogP contribution in [0.25, 0.3) is 0 Å². The van der Waals surface area contributed by atoms with Gasteiger partial charge in [0, 0.05) is 12.5 Å². The maximum atomic E-state index is 11.8. The summed E-state index contributed by atoms with van der Waals surface area (Å²) in [4.78, 5) is 13.7. The predicted octanol–water partition coefficient (Wildman–Crippen LogP) is 0.626. The Morgan fingerprint density at radius 3 is 2.85 bits per heavy atom. The average molecular weight is 183 g/mol. The van der Waals surface area contributed by atoms with Gasteiger partial charge in [0.1, 0.15) is 0 Å². The van der Waals surface area contributed by atoms with Gasteiger partial charge in [-0.3, -0.25) is 4.79 Å². The van der Waals surface area contributed by atoms with E-state index in [-0.39, 0.29) is 24.5 Å². The van der Waals surface area contributed by atoms with Crippen LogP contribution in [0.15, 0.2) is 0 Å². The molecule has 0 aromatic carbocycles. The smallest absolute Gasteiger partial charge is 0.226 e. The highest BCUT2D eigenvalue weighted by molar-refractivity contribution is 5.82. The minimum Gasteiger partial charge on any atom is -0.394 e. The van der Waals surface area contributed by atoms with E-state index in [4.69, 9.17) is 5.11 Å². The van der Waals surface area contributed by atoms with E-state index in [1.165, 1.54) is 0 Å². The maximum absolute atomic E-state index is 11.8. The molecule has 0 aromatic heterocycles. The Hall–Kier alpha value is -0.570. The van der Waals surface area contributed by atoms with Gasteiger partial charge in [-0.15, -0.1) is 0 Å². The number of hydrogen-bond acceptors (Lipinski definition) is 2. The molecular formula is C10H17NO2. The standard InChI is InChI=1S/C10H17NO2/c1-7-5-9(7)10(13)11-4-2-3-8(11)6-12/h7-9,12H,2-6H2,1H3/t7?,8-,9?/m1/s1. The molecule has 2 fully saturated rings. The van der Waals surface area contributed by atoms with E-state index in [1.807, 2.05) is 4.90 Å². The quantitative estimate of drug-likeness (QED) is 0.682. The van der Waals surface area contributed by atoms with Gasteiger partial charge in [0.15, 0.2) is 0 Å². The molecular weight excluding hydrogens is 166 g/mol. The molecule has 1 N–H and O–H groups in total. The molecule has 13 heavy (non-hydrogen) atoms. The molecule has 1 aliphatic heterocycles. The summed E-state index contributed by atoms with van der Waals surface area (Å²) in [6.45, 7) is 3.10. The Balaban J connectivity index is 1.95. The summed E-state index contributed by atoms with van der Waals surface area (Å²) in [6, 6.07) is 0.111. The zero-order valence-corrected chi connectivity index (χ0v) is 8.07. The Labute approximate surface area is 78.7 Å². The van der Waals surface area contributed by atoms with E-state index in [2.05, 4.69) is 6.92 Å². The molecule has 1 amide bonds. The van der Waals surface area contributed by atoms with Crippen LogP contribution in [-0.4, -0.2) is 35.1 Å². The molecule has 1 saturated heterocycles. The minimum absolute atomic E-state index is 0.111. The van der Waals surface area contributed by atoms with Crippen molar-refractivity contribution >= 4 is 5.91 Å². The van der Waals surface area contributed by atoms with Gasteiger partial charge in [0.25, 0.3) is 0 Å². The highest BCUT2D eigenvalue weighted by Gasteiger charge is 2.43. The first kappa shape index (κ1) is 9.00. The van der Waals surface area contributed by atoms with Crippen molar-refractivity contribution in [1.29, 1.82) is 0 Å². The van der Waals surface area contributed by atoms with Gasteiger partial charge in [-0.1, -0.05) is 6.92 Å². The van der Waals surface area contributed by atoms with Crippen LogP contribution >= 0.6 is 0 Å². The molecule has 0 aromatic rings. The van der Waals surface area contributed by atoms with Crippen LogP contribution in [-0.2, 0) is 4.79 Å². The molecule has 3 heteroatoms. The van der Waals surface area contributed by atoms with Crippen LogP contribution in [0.2, 0.25) is 0 Å². The van der Waals surface area contributed by atoms with Crippen LogP contribution in [0.5, 0.6) is 0 Å². The summed E-state index contributed by atoms with van der Waals surface area (Å²) in [6.07, 6.45) is 3.08. The Kier molecular flexibility index (Phi) is 2.28. The van der Waals surface area contributed by atoms with Gasteiger partial charge in [-0.25, -0.2) is 0 Å². The molecule has 1 saturated carbocycles. The zero-order valence-electron chi connectivity index (χ0n) is 8.07. The van der Waals surface area contributed by atoms with Gasteiger partial charge in [-0.2, -0.15) is 0 Å². The van der Waals surface area contributed by atoms with E-state index in [9.17, 15) is 4.79 Å². The number of hydrogen-bond donors (Lipinski definition) is 1. The van der Waals surface area contributed by atoms with Crippen molar-refractivity contribution in [3.63, 3.8) is 0 Å². The number of carbonyl (C=O) groups is 1. The lowest BCUT2D eigenvalue weighted by Crippen LogP contribution is -2.38. The molecule has 2 aliphatic rings. The first-order valence-corrected chi connectivity index (χ1v) is 5.15. The fraction of sp³-hybridized carbons (Fsp3) is 0.900. The molecule has 2 rings (SSSR count). The summed E-state index contributed by atoms with van der Waals surface area (Å²) in [7, 11) is 0. The molecule has 0 radical (unpaired) electrons. The third-order valence-electron chi connectivity index (χ3n) is 3.30. The van der Waals surface area contributed by atoms with Gasteiger partial charge in [-0.05, 0) is 25.2 Å². The van der Waals surface area contributed by atoms with Gasteiger partial charge >= 0.3 is 0 Å². The van der Waals surface area contributed by atoms with E-state index in [1.54, 1.807) is 0 Å². The summed E-state index contributed by atoms with van der Waals surface area (Å²) in [5.41, 5.74) is 0. The number of carbonyl (C=O) groups excluding carboxylic acids is 1. The first-order valence-electron chi connectivity index (χ1n) is 5.15. The zero-order chi connectivity index (χ0) is 9.42. The normalized spacial score (nSPS) is 38.0.